The minimum atomic E-state index is 0.569. The topological polar surface area (TPSA) is 42.8 Å². The van der Waals surface area contributed by atoms with E-state index < -0.39 is 0 Å². The second kappa shape index (κ2) is 4.82. The van der Waals surface area contributed by atoms with Crippen molar-refractivity contribution >= 4 is 16.7 Å². The van der Waals surface area contributed by atoms with Crippen molar-refractivity contribution in [2.24, 2.45) is 0 Å². The summed E-state index contributed by atoms with van der Waals surface area (Å²) in [5.74, 6) is 0.881. The average Bonchev–Trinajstić information content (AvgIpc) is 2.83. The summed E-state index contributed by atoms with van der Waals surface area (Å²) in [6, 6.07) is 18.4. The lowest BCUT2D eigenvalue weighted by Crippen LogP contribution is -2.27. The number of anilines is 1. The Labute approximate surface area is 116 Å². The Morgan fingerprint density at radius 1 is 1.00 bits per heavy atom. The van der Waals surface area contributed by atoms with Crippen LogP contribution in [0.4, 0.5) is 5.13 Å². The molecule has 3 rings (SSSR count). The second-order valence-corrected chi connectivity index (χ2v) is 5.33. The third-order valence-corrected chi connectivity index (χ3v) is 3.74. The van der Waals surface area contributed by atoms with Crippen LogP contribution in [0.3, 0.4) is 0 Å². The highest BCUT2D eigenvalue weighted by Crippen LogP contribution is 2.19. The van der Waals surface area contributed by atoms with Crippen molar-refractivity contribution in [3.05, 3.63) is 60.2 Å². The van der Waals surface area contributed by atoms with E-state index in [-0.39, 0.29) is 0 Å². The molecule has 1 aromatic heterocycles. The lowest BCUT2D eigenvalue weighted by atomic mass is 10.2. The van der Waals surface area contributed by atoms with Gasteiger partial charge >= 0.3 is 11.0 Å². The molecular weight excluding hydrogens is 254 g/mol. The summed E-state index contributed by atoms with van der Waals surface area (Å²) in [5, 5.41) is 0.569. The van der Waals surface area contributed by atoms with Crippen molar-refractivity contribution in [1.82, 2.24) is 4.98 Å². The SMILES string of the molecule is Cc1ccc(-[n+]2sc(N)nc2-c2ccccc2)cc1. The Morgan fingerprint density at radius 3 is 2.37 bits per heavy atom. The van der Waals surface area contributed by atoms with Gasteiger partial charge in [-0.25, -0.2) is 0 Å². The van der Waals surface area contributed by atoms with Crippen LogP contribution in [0.1, 0.15) is 5.56 Å². The molecule has 0 saturated carbocycles. The first kappa shape index (κ1) is 11.9. The van der Waals surface area contributed by atoms with Gasteiger partial charge in [-0.2, -0.15) is 0 Å². The summed E-state index contributed by atoms with van der Waals surface area (Å²) in [4.78, 5) is 4.44. The molecule has 2 aromatic carbocycles. The highest BCUT2D eigenvalue weighted by molar-refractivity contribution is 7.05. The molecule has 0 aliphatic rings. The van der Waals surface area contributed by atoms with Gasteiger partial charge in [0.25, 0.3) is 0 Å². The van der Waals surface area contributed by atoms with E-state index in [9.17, 15) is 0 Å². The van der Waals surface area contributed by atoms with Crippen molar-refractivity contribution < 1.29 is 3.96 Å². The predicted molar refractivity (Wildman–Crippen MR) is 78.2 cm³/mol. The zero-order valence-corrected chi connectivity index (χ0v) is 11.4. The van der Waals surface area contributed by atoms with Crippen molar-refractivity contribution in [2.75, 3.05) is 5.73 Å². The molecule has 0 saturated heterocycles. The molecule has 0 aliphatic carbocycles. The number of hydrogen-bond acceptors (Lipinski definition) is 3. The second-order valence-electron chi connectivity index (χ2n) is 4.36. The maximum Gasteiger partial charge on any atom is 0.350 e. The molecule has 0 aliphatic heterocycles. The monoisotopic (exact) mass is 268 g/mol. The largest absolute Gasteiger partial charge is 0.351 e. The standard InChI is InChI=1S/C15H13N3S/c1-11-7-9-13(10-8-11)18-14(17-15(16)19-18)12-5-3-2-4-6-12/h2-10,16H,1H3/p+1. The number of rotatable bonds is 2. The first-order chi connectivity index (χ1) is 9.24. The van der Waals surface area contributed by atoms with E-state index in [4.69, 9.17) is 5.73 Å². The van der Waals surface area contributed by atoms with E-state index in [1.807, 2.05) is 30.3 Å². The fraction of sp³-hybridized carbons (Fsp3) is 0.0667. The van der Waals surface area contributed by atoms with Gasteiger partial charge in [-0.1, -0.05) is 35.9 Å². The summed E-state index contributed by atoms with van der Waals surface area (Å²) in [5.41, 5.74) is 9.26. The minimum absolute atomic E-state index is 0.569. The molecule has 0 radical (unpaired) electrons. The average molecular weight is 268 g/mol. The van der Waals surface area contributed by atoms with E-state index in [1.165, 1.54) is 17.1 Å². The first-order valence-corrected chi connectivity index (χ1v) is 6.83. The summed E-state index contributed by atoms with van der Waals surface area (Å²) in [6.45, 7) is 2.08. The van der Waals surface area contributed by atoms with Gasteiger partial charge in [0, 0.05) is 0 Å². The van der Waals surface area contributed by atoms with Crippen LogP contribution in [0.15, 0.2) is 54.6 Å². The van der Waals surface area contributed by atoms with Crippen molar-refractivity contribution in [1.29, 1.82) is 0 Å². The molecule has 0 amide bonds. The van der Waals surface area contributed by atoms with Gasteiger partial charge in [0.15, 0.2) is 0 Å². The molecule has 4 heteroatoms. The fourth-order valence-corrected chi connectivity index (χ4v) is 2.71. The fourth-order valence-electron chi connectivity index (χ4n) is 1.93. The third kappa shape index (κ3) is 2.35. The number of nitrogen functional groups attached to an aromatic ring is 1. The van der Waals surface area contributed by atoms with E-state index in [1.54, 1.807) is 0 Å². The van der Waals surface area contributed by atoms with Crippen molar-refractivity contribution in [3.63, 3.8) is 0 Å². The normalized spacial score (nSPS) is 10.6. The zero-order chi connectivity index (χ0) is 13.2. The summed E-state index contributed by atoms with van der Waals surface area (Å²) in [6.07, 6.45) is 0. The number of nitrogens with zero attached hydrogens (tertiary/aromatic N) is 2. The molecule has 0 unspecified atom stereocenters. The highest BCUT2D eigenvalue weighted by Gasteiger charge is 2.22. The number of benzene rings is 2. The van der Waals surface area contributed by atoms with Crippen LogP contribution in [0, 0.1) is 6.92 Å². The summed E-state index contributed by atoms with van der Waals surface area (Å²) in [7, 11) is 0. The molecule has 3 nitrogen and oxygen atoms in total. The zero-order valence-electron chi connectivity index (χ0n) is 10.6. The van der Waals surface area contributed by atoms with Crippen molar-refractivity contribution in [2.45, 2.75) is 6.92 Å². The molecule has 0 fully saturated rings. The van der Waals surface area contributed by atoms with E-state index >= 15 is 0 Å². The van der Waals surface area contributed by atoms with E-state index in [0.717, 1.165) is 17.1 Å². The summed E-state index contributed by atoms with van der Waals surface area (Å²) >= 11 is 1.45. The predicted octanol–water partition coefficient (Wildman–Crippen LogP) is 2.98. The van der Waals surface area contributed by atoms with Gasteiger partial charge < -0.3 is 5.73 Å². The Morgan fingerprint density at radius 2 is 1.68 bits per heavy atom. The molecular formula is C15H14N3S+. The van der Waals surface area contributed by atoms with Crippen LogP contribution in [-0.4, -0.2) is 4.98 Å². The smallest absolute Gasteiger partial charge is 0.350 e. The van der Waals surface area contributed by atoms with Gasteiger partial charge in [0.1, 0.15) is 17.2 Å². The molecule has 19 heavy (non-hydrogen) atoms. The van der Waals surface area contributed by atoms with Gasteiger partial charge in [0.2, 0.25) is 0 Å². The van der Waals surface area contributed by atoms with Gasteiger partial charge in [-0.05, 0) is 36.2 Å². The number of aryl methyl sites for hydroxylation is 1. The molecule has 1 heterocycles. The van der Waals surface area contributed by atoms with E-state index in [0.29, 0.717) is 5.13 Å². The third-order valence-electron chi connectivity index (χ3n) is 2.89. The van der Waals surface area contributed by atoms with Crippen LogP contribution in [0.2, 0.25) is 0 Å². The quantitative estimate of drug-likeness (QED) is 0.726. The molecule has 0 atom stereocenters. The Balaban J connectivity index is 2.15. The van der Waals surface area contributed by atoms with Gasteiger partial charge in [-0.15, -0.1) is 3.96 Å². The molecule has 2 N–H and O–H groups in total. The highest BCUT2D eigenvalue weighted by atomic mass is 32.1. The molecule has 0 spiro atoms. The van der Waals surface area contributed by atoms with Crippen LogP contribution in [0.25, 0.3) is 17.1 Å². The molecule has 3 aromatic rings. The number of aromatic nitrogens is 2. The lowest BCUT2D eigenvalue weighted by molar-refractivity contribution is -0.509. The van der Waals surface area contributed by atoms with Crippen LogP contribution in [-0.2, 0) is 0 Å². The van der Waals surface area contributed by atoms with Crippen LogP contribution >= 0.6 is 11.5 Å². The first-order valence-electron chi connectivity index (χ1n) is 6.05. The van der Waals surface area contributed by atoms with Crippen molar-refractivity contribution in [3.8, 4) is 17.1 Å². The Hall–Kier alpha value is -2.20. The summed E-state index contributed by atoms with van der Waals surface area (Å²) < 4.78 is 2.06. The maximum atomic E-state index is 5.87. The van der Waals surface area contributed by atoms with Gasteiger partial charge in [-0.3, -0.25) is 0 Å². The Bertz CT molecular complexity index is 687. The molecule has 94 valence electrons. The van der Waals surface area contributed by atoms with Gasteiger partial charge in [0.05, 0.1) is 5.56 Å². The number of nitrogens with two attached hydrogens (primary N) is 1. The Kier molecular flexibility index (Phi) is 3.01. The van der Waals surface area contributed by atoms with Crippen LogP contribution in [0.5, 0.6) is 0 Å². The maximum absolute atomic E-state index is 5.87. The molecule has 0 bridgehead atoms. The number of hydrogen-bond donors (Lipinski definition) is 1. The van der Waals surface area contributed by atoms with E-state index in [2.05, 4.69) is 40.1 Å². The lowest BCUT2D eigenvalue weighted by Gasteiger charge is -1.98. The minimum Gasteiger partial charge on any atom is -0.351 e. The van der Waals surface area contributed by atoms with Crippen LogP contribution < -0.4 is 9.69 Å².